The first-order valence-electron chi connectivity index (χ1n) is 7.29. The van der Waals surface area contributed by atoms with Gasteiger partial charge in [0.05, 0.1) is 13.2 Å². The van der Waals surface area contributed by atoms with Crippen molar-refractivity contribution in [1.29, 1.82) is 0 Å². The van der Waals surface area contributed by atoms with Gasteiger partial charge in [-0.15, -0.1) is 11.3 Å². The van der Waals surface area contributed by atoms with Crippen LogP contribution in [0.25, 0.3) is 0 Å². The SMILES string of the molecule is N[C@@H]1CCC[C@H](C(=O)N2CCO[C@@H](c3nccs3)C2)C1. The second-order valence-corrected chi connectivity index (χ2v) is 6.56. The molecule has 1 amide bonds. The van der Waals surface area contributed by atoms with Gasteiger partial charge in [0.1, 0.15) is 11.1 Å². The average molecular weight is 295 g/mol. The highest BCUT2D eigenvalue weighted by Crippen LogP contribution is 2.28. The van der Waals surface area contributed by atoms with E-state index in [4.69, 9.17) is 10.5 Å². The standard InChI is InChI=1S/C14H21N3O2S/c15-11-3-1-2-10(8-11)14(18)17-5-6-19-12(9-17)13-16-4-7-20-13/h4,7,10-12H,1-3,5-6,8-9,15H2/t10-,11+,12+/m0/s1. The van der Waals surface area contributed by atoms with Crippen LogP contribution in [0.2, 0.25) is 0 Å². The van der Waals surface area contributed by atoms with Crippen molar-refractivity contribution in [2.45, 2.75) is 37.8 Å². The van der Waals surface area contributed by atoms with E-state index in [1.54, 1.807) is 17.5 Å². The van der Waals surface area contributed by atoms with Crippen LogP contribution in [0.3, 0.4) is 0 Å². The number of carbonyl (C=O) groups is 1. The van der Waals surface area contributed by atoms with Crippen molar-refractivity contribution in [2.75, 3.05) is 19.7 Å². The fourth-order valence-corrected chi connectivity index (χ4v) is 3.78. The molecule has 1 saturated heterocycles. The van der Waals surface area contributed by atoms with E-state index in [9.17, 15) is 4.79 Å². The number of nitrogens with zero attached hydrogens (tertiary/aromatic N) is 2. The molecule has 2 N–H and O–H groups in total. The van der Waals surface area contributed by atoms with Gasteiger partial charge in [-0.1, -0.05) is 6.42 Å². The molecule has 6 heteroatoms. The number of aromatic nitrogens is 1. The topological polar surface area (TPSA) is 68.5 Å². The summed E-state index contributed by atoms with van der Waals surface area (Å²) in [5.41, 5.74) is 5.99. The molecule has 3 rings (SSSR count). The van der Waals surface area contributed by atoms with Gasteiger partial charge in [0.2, 0.25) is 5.91 Å². The van der Waals surface area contributed by atoms with E-state index in [2.05, 4.69) is 4.98 Å². The van der Waals surface area contributed by atoms with Gasteiger partial charge < -0.3 is 15.4 Å². The molecule has 0 radical (unpaired) electrons. The third kappa shape index (κ3) is 3.02. The van der Waals surface area contributed by atoms with Crippen LogP contribution in [0.15, 0.2) is 11.6 Å². The number of rotatable bonds is 2. The molecule has 1 saturated carbocycles. The van der Waals surface area contributed by atoms with Crippen molar-refractivity contribution in [3.63, 3.8) is 0 Å². The second-order valence-electron chi connectivity index (χ2n) is 5.64. The van der Waals surface area contributed by atoms with Crippen LogP contribution in [0, 0.1) is 5.92 Å². The smallest absolute Gasteiger partial charge is 0.225 e. The molecule has 2 aliphatic rings. The van der Waals surface area contributed by atoms with Gasteiger partial charge in [0.25, 0.3) is 0 Å². The van der Waals surface area contributed by atoms with Gasteiger partial charge in [-0.3, -0.25) is 4.79 Å². The maximum atomic E-state index is 12.6. The molecule has 1 aliphatic carbocycles. The summed E-state index contributed by atoms with van der Waals surface area (Å²) in [6.07, 6.45) is 5.64. The van der Waals surface area contributed by atoms with Crippen molar-refractivity contribution in [1.82, 2.24) is 9.88 Å². The van der Waals surface area contributed by atoms with Crippen molar-refractivity contribution >= 4 is 17.2 Å². The molecule has 3 atom stereocenters. The molecule has 1 aliphatic heterocycles. The number of thiazole rings is 1. The summed E-state index contributed by atoms with van der Waals surface area (Å²) in [6.45, 7) is 1.90. The first-order valence-corrected chi connectivity index (χ1v) is 8.17. The Labute approximate surface area is 123 Å². The zero-order valence-corrected chi connectivity index (χ0v) is 12.3. The molecule has 0 unspecified atom stereocenters. The van der Waals surface area contributed by atoms with Crippen LogP contribution in [0.1, 0.15) is 36.8 Å². The van der Waals surface area contributed by atoms with E-state index < -0.39 is 0 Å². The Morgan fingerprint density at radius 1 is 1.50 bits per heavy atom. The van der Waals surface area contributed by atoms with E-state index in [1.165, 1.54) is 0 Å². The Bertz CT molecular complexity index is 451. The van der Waals surface area contributed by atoms with E-state index in [1.807, 2.05) is 10.3 Å². The largest absolute Gasteiger partial charge is 0.367 e. The molecule has 20 heavy (non-hydrogen) atoms. The normalized spacial score (nSPS) is 31.2. The Balaban J connectivity index is 1.63. The number of amides is 1. The molecule has 2 fully saturated rings. The van der Waals surface area contributed by atoms with E-state index in [0.29, 0.717) is 19.7 Å². The maximum Gasteiger partial charge on any atom is 0.225 e. The van der Waals surface area contributed by atoms with Crippen molar-refractivity contribution in [2.24, 2.45) is 11.7 Å². The Morgan fingerprint density at radius 2 is 2.40 bits per heavy atom. The molecule has 2 heterocycles. The Kier molecular flexibility index (Phi) is 4.33. The molecule has 5 nitrogen and oxygen atoms in total. The molecule has 0 bridgehead atoms. The minimum atomic E-state index is -0.0648. The number of hydrogen-bond acceptors (Lipinski definition) is 5. The number of carbonyl (C=O) groups excluding carboxylic acids is 1. The van der Waals surface area contributed by atoms with E-state index in [-0.39, 0.29) is 24.0 Å². The van der Waals surface area contributed by atoms with E-state index >= 15 is 0 Å². The second kappa shape index (κ2) is 6.20. The van der Waals surface area contributed by atoms with Crippen LogP contribution in [0.5, 0.6) is 0 Å². The Morgan fingerprint density at radius 3 is 3.15 bits per heavy atom. The van der Waals surface area contributed by atoms with Crippen molar-refractivity contribution < 1.29 is 9.53 Å². The van der Waals surface area contributed by atoms with Gasteiger partial charge >= 0.3 is 0 Å². The predicted octanol–water partition coefficient (Wildman–Crippen LogP) is 1.56. The van der Waals surface area contributed by atoms with Crippen LogP contribution in [0.4, 0.5) is 0 Å². The van der Waals surface area contributed by atoms with Crippen molar-refractivity contribution in [3.05, 3.63) is 16.6 Å². The van der Waals surface area contributed by atoms with Gasteiger partial charge in [-0.25, -0.2) is 4.98 Å². The third-order valence-corrected chi connectivity index (χ3v) is 5.04. The monoisotopic (exact) mass is 295 g/mol. The first-order chi connectivity index (χ1) is 9.74. The fraction of sp³-hybridized carbons (Fsp3) is 0.714. The van der Waals surface area contributed by atoms with Crippen LogP contribution in [-0.2, 0) is 9.53 Å². The molecule has 0 aromatic carbocycles. The van der Waals surface area contributed by atoms with Gasteiger partial charge in [-0.2, -0.15) is 0 Å². The summed E-state index contributed by atoms with van der Waals surface area (Å²) in [6, 6.07) is 0.188. The molecule has 1 aromatic heterocycles. The lowest BCUT2D eigenvalue weighted by Gasteiger charge is -2.36. The number of ether oxygens (including phenoxy) is 1. The summed E-state index contributed by atoms with van der Waals surface area (Å²) in [4.78, 5) is 18.8. The molecule has 110 valence electrons. The van der Waals surface area contributed by atoms with E-state index in [0.717, 1.165) is 30.7 Å². The molecular formula is C14H21N3O2S. The highest BCUT2D eigenvalue weighted by molar-refractivity contribution is 7.09. The minimum absolute atomic E-state index is 0.0648. The molecule has 0 spiro atoms. The summed E-state index contributed by atoms with van der Waals surface area (Å²) in [5.74, 6) is 0.360. The van der Waals surface area contributed by atoms with Crippen LogP contribution < -0.4 is 5.73 Å². The fourth-order valence-electron chi connectivity index (χ4n) is 3.10. The zero-order valence-electron chi connectivity index (χ0n) is 11.5. The number of nitrogens with two attached hydrogens (primary N) is 1. The minimum Gasteiger partial charge on any atom is -0.367 e. The van der Waals surface area contributed by atoms with Gasteiger partial charge in [0, 0.05) is 30.1 Å². The lowest BCUT2D eigenvalue weighted by Crippen LogP contribution is -2.46. The highest BCUT2D eigenvalue weighted by Gasteiger charge is 2.33. The predicted molar refractivity (Wildman–Crippen MR) is 77.3 cm³/mol. The highest BCUT2D eigenvalue weighted by atomic mass is 32.1. The van der Waals surface area contributed by atoms with Gasteiger partial charge in [0.15, 0.2) is 0 Å². The molecular weight excluding hydrogens is 274 g/mol. The maximum absolute atomic E-state index is 12.6. The summed E-state index contributed by atoms with van der Waals surface area (Å²) >= 11 is 1.59. The summed E-state index contributed by atoms with van der Waals surface area (Å²) < 4.78 is 5.74. The van der Waals surface area contributed by atoms with Crippen molar-refractivity contribution in [3.8, 4) is 0 Å². The lowest BCUT2D eigenvalue weighted by molar-refractivity contribution is -0.144. The Hall–Kier alpha value is -0.980. The molecule has 1 aromatic rings. The zero-order chi connectivity index (χ0) is 13.9. The quantitative estimate of drug-likeness (QED) is 0.899. The van der Waals surface area contributed by atoms with Crippen LogP contribution >= 0.6 is 11.3 Å². The van der Waals surface area contributed by atoms with Crippen LogP contribution in [-0.4, -0.2) is 41.5 Å². The summed E-state index contributed by atoms with van der Waals surface area (Å²) in [7, 11) is 0. The third-order valence-electron chi connectivity index (χ3n) is 4.17. The summed E-state index contributed by atoms with van der Waals surface area (Å²) in [5, 5.41) is 2.91. The number of morpholine rings is 1. The lowest BCUT2D eigenvalue weighted by atomic mass is 9.85. The number of hydrogen-bond donors (Lipinski definition) is 1. The average Bonchev–Trinajstić information content (AvgIpc) is 3.01. The first kappa shape index (κ1) is 14.0. The van der Waals surface area contributed by atoms with Gasteiger partial charge in [-0.05, 0) is 19.3 Å².